The molecule has 2 rings (SSSR count). The lowest BCUT2D eigenvalue weighted by Gasteiger charge is -2.38. The number of aromatic nitrogens is 1. The Hall–Kier alpha value is -1.42. The van der Waals surface area contributed by atoms with E-state index in [0.29, 0.717) is 0 Å². The number of piperazine rings is 1. The van der Waals surface area contributed by atoms with Crippen LogP contribution in [-0.2, 0) is 10.3 Å². The first-order valence-electron chi connectivity index (χ1n) is 5.06. The van der Waals surface area contributed by atoms with Crippen LogP contribution >= 0.6 is 0 Å². The molecule has 4 nitrogen and oxygen atoms in total. The largest absolute Gasteiger partial charge is 0.343 e. The Bertz CT molecular complexity index is 365. The Kier molecular flexibility index (Phi) is 2.44. The van der Waals surface area contributed by atoms with E-state index in [4.69, 9.17) is 0 Å². The summed E-state index contributed by atoms with van der Waals surface area (Å²) in [6.07, 6.45) is 3.45. The smallest absolute Gasteiger partial charge is 0.247 e. The summed E-state index contributed by atoms with van der Waals surface area (Å²) in [5, 5.41) is 3.26. The molecular weight excluding hydrogens is 190 g/mol. The van der Waals surface area contributed by atoms with E-state index in [1.807, 2.05) is 26.1 Å². The molecule has 0 aromatic carbocycles. The molecule has 1 N–H and O–H groups in total. The first-order valence-corrected chi connectivity index (χ1v) is 5.06. The van der Waals surface area contributed by atoms with Gasteiger partial charge in [-0.15, -0.1) is 0 Å². The lowest BCUT2D eigenvalue weighted by molar-refractivity contribution is -0.139. The van der Waals surface area contributed by atoms with Crippen molar-refractivity contribution in [2.45, 2.75) is 12.5 Å². The minimum absolute atomic E-state index is 0.0988. The Morgan fingerprint density at radius 1 is 1.60 bits per heavy atom. The monoisotopic (exact) mass is 205 g/mol. The Morgan fingerprint density at radius 2 is 2.40 bits per heavy atom. The minimum Gasteiger partial charge on any atom is -0.343 e. The third-order valence-electron chi connectivity index (χ3n) is 2.94. The average molecular weight is 205 g/mol. The molecule has 0 radical (unpaired) electrons. The summed E-state index contributed by atoms with van der Waals surface area (Å²) in [5.74, 6) is 0.0988. The van der Waals surface area contributed by atoms with Gasteiger partial charge in [0, 0.05) is 32.5 Å². The van der Waals surface area contributed by atoms with E-state index < -0.39 is 5.54 Å². The number of carbonyl (C=O) groups is 1. The molecule has 15 heavy (non-hydrogen) atoms. The SMILES string of the molecule is CN1CCNC(C)(c2cccnc2)C1=O. The number of carbonyl (C=O) groups excluding carboxylic acids is 1. The fourth-order valence-electron chi connectivity index (χ4n) is 1.92. The molecule has 1 aliphatic rings. The number of hydrogen-bond acceptors (Lipinski definition) is 3. The lowest BCUT2D eigenvalue weighted by atomic mass is 9.90. The second kappa shape index (κ2) is 3.62. The van der Waals surface area contributed by atoms with Crippen molar-refractivity contribution in [2.75, 3.05) is 20.1 Å². The van der Waals surface area contributed by atoms with E-state index in [9.17, 15) is 4.79 Å². The summed E-state index contributed by atoms with van der Waals surface area (Å²) in [5.41, 5.74) is 0.294. The van der Waals surface area contributed by atoms with Crippen molar-refractivity contribution in [3.8, 4) is 0 Å². The van der Waals surface area contributed by atoms with Gasteiger partial charge in [-0.1, -0.05) is 6.07 Å². The van der Waals surface area contributed by atoms with Crippen LogP contribution in [0.3, 0.4) is 0 Å². The molecule has 1 saturated heterocycles. The van der Waals surface area contributed by atoms with Crippen molar-refractivity contribution in [2.24, 2.45) is 0 Å². The van der Waals surface area contributed by atoms with Crippen molar-refractivity contribution < 1.29 is 4.79 Å². The molecule has 2 heterocycles. The molecular formula is C11H15N3O. The van der Waals surface area contributed by atoms with Crippen LogP contribution in [-0.4, -0.2) is 35.9 Å². The van der Waals surface area contributed by atoms with Gasteiger partial charge in [0.25, 0.3) is 0 Å². The summed E-state index contributed by atoms with van der Waals surface area (Å²) >= 11 is 0. The summed E-state index contributed by atoms with van der Waals surface area (Å²) in [4.78, 5) is 17.9. The van der Waals surface area contributed by atoms with Crippen molar-refractivity contribution in [3.05, 3.63) is 30.1 Å². The highest BCUT2D eigenvalue weighted by Gasteiger charge is 2.39. The van der Waals surface area contributed by atoms with Crippen molar-refractivity contribution in [1.82, 2.24) is 15.2 Å². The van der Waals surface area contributed by atoms with Gasteiger partial charge in [-0.2, -0.15) is 0 Å². The van der Waals surface area contributed by atoms with Gasteiger partial charge < -0.3 is 4.90 Å². The van der Waals surface area contributed by atoms with Crippen molar-refractivity contribution in [1.29, 1.82) is 0 Å². The minimum atomic E-state index is -0.624. The third kappa shape index (κ3) is 1.61. The maximum atomic E-state index is 12.1. The molecule has 80 valence electrons. The van der Waals surface area contributed by atoms with Crippen LogP contribution in [0, 0.1) is 0 Å². The van der Waals surface area contributed by atoms with E-state index in [1.54, 1.807) is 17.3 Å². The number of hydrogen-bond donors (Lipinski definition) is 1. The van der Waals surface area contributed by atoms with Gasteiger partial charge in [-0.05, 0) is 18.6 Å². The standard InChI is InChI=1S/C11H15N3O/c1-11(9-4-3-5-12-8-9)10(15)14(2)7-6-13-11/h3-5,8,13H,6-7H2,1-2H3. The third-order valence-corrected chi connectivity index (χ3v) is 2.94. The Morgan fingerprint density at radius 3 is 3.07 bits per heavy atom. The molecule has 1 aromatic heterocycles. The second-order valence-corrected chi connectivity index (χ2v) is 4.02. The Labute approximate surface area is 89.3 Å². The normalized spacial score (nSPS) is 26.8. The molecule has 1 amide bonds. The van der Waals surface area contributed by atoms with Crippen LogP contribution in [0.1, 0.15) is 12.5 Å². The van der Waals surface area contributed by atoms with Gasteiger partial charge >= 0.3 is 0 Å². The van der Waals surface area contributed by atoms with E-state index in [0.717, 1.165) is 18.7 Å². The maximum Gasteiger partial charge on any atom is 0.247 e. The predicted molar refractivity (Wildman–Crippen MR) is 57.2 cm³/mol. The number of nitrogens with zero attached hydrogens (tertiary/aromatic N) is 2. The van der Waals surface area contributed by atoms with Crippen LogP contribution < -0.4 is 5.32 Å². The molecule has 0 aliphatic carbocycles. The van der Waals surface area contributed by atoms with Crippen molar-refractivity contribution >= 4 is 5.91 Å². The van der Waals surface area contributed by atoms with Gasteiger partial charge in [0.1, 0.15) is 5.54 Å². The molecule has 1 atom stereocenters. The molecule has 4 heteroatoms. The van der Waals surface area contributed by atoms with Gasteiger partial charge in [0.05, 0.1) is 0 Å². The van der Waals surface area contributed by atoms with Crippen molar-refractivity contribution in [3.63, 3.8) is 0 Å². The van der Waals surface area contributed by atoms with Crippen LogP contribution in [0.25, 0.3) is 0 Å². The van der Waals surface area contributed by atoms with Gasteiger partial charge in [-0.25, -0.2) is 0 Å². The van der Waals surface area contributed by atoms with E-state index in [1.165, 1.54) is 0 Å². The molecule has 0 bridgehead atoms. The summed E-state index contributed by atoms with van der Waals surface area (Å²) in [6, 6.07) is 3.78. The van der Waals surface area contributed by atoms with E-state index >= 15 is 0 Å². The molecule has 0 spiro atoms. The van der Waals surface area contributed by atoms with E-state index in [2.05, 4.69) is 10.3 Å². The molecule has 1 fully saturated rings. The van der Waals surface area contributed by atoms with Crippen LogP contribution in [0.2, 0.25) is 0 Å². The van der Waals surface area contributed by atoms with E-state index in [-0.39, 0.29) is 5.91 Å². The molecule has 1 aliphatic heterocycles. The highest BCUT2D eigenvalue weighted by Crippen LogP contribution is 2.24. The average Bonchev–Trinajstić information content (AvgIpc) is 2.27. The molecule has 1 aromatic rings. The van der Waals surface area contributed by atoms with Gasteiger partial charge in [-0.3, -0.25) is 15.1 Å². The Balaban J connectivity index is 2.37. The zero-order valence-corrected chi connectivity index (χ0v) is 9.03. The molecule has 0 saturated carbocycles. The summed E-state index contributed by atoms with van der Waals surface area (Å²) in [6.45, 7) is 3.48. The zero-order valence-electron chi connectivity index (χ0n) is 9.03. The second-order valence-electron chi connectivity index (χ2n) is 4.02. The predicted octanol–water partition coefficient (Wildman–Crippen LogP) is 0.358. The number of amides is 1. The zero-order chi connectivity index (χ0) is 10.9. The lowest BCUT2D eigenvalue weighted by Crippen LogP contribution is -2.59. The van der Waals surface area contributed by atoms with Crippen LogP contribution in [0.15, 0.2) is 24.5 Å². The molecule has 1 unspecified atom stereocenters. The first-order chi connectivity index (χ1) is 7.14. The van der Waals surface area contributed by atoms with Gasteiger partial charge in [0.2, 0.25) is 5.91 Å². The number of rotatable bonds is 1. The topological polar surface area (TPSA) is 45.2 Å². The number of pyridine rings is 1. The van der Waals surface area contributed by atoms with Crippen LogP contribution in [0.4, 0.5) is 0 Å². The fourth-order valence-corrected chi connectivity index (χ4v) is 1.92. The quantitative estimate of drug-likeness (QED) is 0.720. The number of nitrogens with one attached hydrogen (secondary N) is 1. The highest BCUT2D eigenvalue weighted by atomic mass is 16.2. The van der Waals surface area contributed by atoms with Crippen LogP contribution in [0.5, 0.6) is 0 Å². The van der Waals surface area contributed by atoms with Gasteiger partial charge in [0.15, 0.2) is 0 Å². The highest BCUT2D eigenvalue weighted by molar-refractivity contribution is 5.87. The summed E-state index contributed by atoms with van der Waals surface area (Å²) < 4.78 is 0. The summed E-state index contributed by atoms with van der Waals surface area (Å²) in [7, 11) is 1.83. The first kappa shape index (κ1) is 10.1. The fraction of sp³-hybridized carbons (Fsp3) is 0.455. The number of likely N-dealkylation sites (N-methyl/N-ethyl adjacent to an activating group) is 1. The maximum absolute atomic E-state index is 12.1.